The maximum atomic E-state index is 13.0. The fourth-order valence-electron chi connectivity index (χ4n) is 2.42. The first-order valence-electron chi connectivity index (χ1n) is 6.91. The number of likely N-dealkylation sites (N-methyl/N-ethyl adjacent to an activating group) is 1. The summed E-state index contributed by atoms with van der Waals surface area (Å²) in [4.78, 5) is 2.29. The van der Waals surface area contributed by atoms with Gasteiger partial charge in [0.1, 0.15) is 5.82 Å². The molecule has 3 nitrogen and oxygen atoms in total. The van der Waals surface area contributed by atoms with E-state index in [1.165, 1.54) is 11.6 Å². The van der Waals surface area contributed by atoms with Crippen LogP contribution in [0.1, 0.15) is 11.1 Å². The number of halogens is 1. The lowest BCUT2D eigenvalue weighted by Crippen LogP contribution is -2.45. The average molecular weight is 266 g/mol. The Morgan fingerprint density at radius 1 is 1.47 bits per heavy atom. The molecule has 19 heavy (non-hydrogen) atoms. The van der Waals surface area contributed by atoms with Gasteiger partial charge in [-0.1, -0.05) is 6.07 Å². The molecule has 1 aliphatic rings. The van der Waals surface area contributed by atoms with Crippen molar-refractivity contribution in [2.75, 3.05) is 39.8 Å². The van der Waals surface area contributed by atoms with Gasteiger partial charge in [0.2, 0.25) is 0 Å². The molecule has 1 unspecified atom stereocenters. The number of hydrogen-bond donors (Lipinski definition) is 1. The van der Waals surface area contributed by atoms with Crippen LogP contribution in [0.15, 0.2) is 18.2 Å². The first kappa shape index (κ1) is 14.4. The van der Waals surface area contributed by atoms with E-state index in [1.807, 2.05) is 13.0 Å². The van der Waals surface area contributed by atoms with Crippen molar-refractivity contribution in [3.63, 3.8) is 0 Å². The summed E-state index contributed by atoms with van der Waals surface area (Å²) in [5.74, 6) is -0.159. The van der Waals surface area contributed by atoms with Gasteiger partial charge in [-0.3, -0.25) is 0 Å². The summed E-state index contributed by atoms with van der Waals surface area (Å²) < 4.78 is 18.7. The molecular weight excluding hydrogens is 243 g/mol. The maximum absolute atomic E-state index is 13.0. The molecule has 0 aliphatic carbocycles. The largest absolute Gasteiger partial charge is 0.374 e. The monoisotopic (exact) mass is 266 g/mol. The van der Waals surface area contributed by atoms with Crippen LogP contribution in [-0.4, -0.2) is 50.8 Å². The molecule has 1 heterocycles. The number of morpholine rings is 1. The second-order valence-electron chi connectivity index (χ2n) is 5.28. The number of ether oxygens (including phenoxy) is 1. The highest BCUT2D eigenvalue weighted by Crippen LogP contribution is 2.10. The van der Waals surface area contributed by atoms with Gasteiger partial charge in [0.25, 0.3) is 0 Å². The van der Waals surface area contributed by atoms with Crippen LogP contribution in [0.25, 0.3) is 0 Å². The van der Waals surface area contributed by atoms with Crippen LogP contribution in [0.3, 0.4) is 0 Å². The standard InChI is InChI=1S/C15H23FN2O/c1-12-9-14(16)4-3-13(12)5-6-17-10-15-11-18(2)7-8-19-15/h3-4,9,15,17H,5-8,10-11H2,1-2H3. The van der Waals surface area contributed by atoms with E-state index < -0.39 is 0 Å². The molecular formula is C15H23FN2O. The van der Waals surface area contributed by atoms with Crippen molar-refractivity contribution in [3.05, 3.63) is 35.1 Å². The highest BCUT2D eigenvalue weighted by atomic mass is 19.1. The number of nitrogens with one attached hydrogen (secondary N) is 1. The van der Waals surface area contributed by atoms with Crippen molar-refractivity contribution in [2.24, 2.45) is 0 Å². The van der Waals surface area contributed by atoms with E-state index >= 15 is 0 Å². The number of hydrogen-bond acceptors (Lipinski definition) is 3. The molecule has 1 aromatic rings. The lowest BCUT2D eigenvalue weighted by molar-refractivity contribution is -0.0179. The summed E-state index contributed by atoms with van der Waals surface area (Å²) >= 11 is 0. The molecule has 1 atom stereocenters. The normalized spacial score (nSPS) is 20.7. The first-order chi connectivity index (χ1) is 9.15. The van der Waals surface area contributed by atoms with E-state index in [0.29, 0.717) is 0 Å². The second kappa shape index (κ2) is 6.98. The van der Waals surface area contributed by atoms with E-state index in [0.717, 1.165) is 44.8 Å². The van der Waals surface area contributed by atoms with Crippen molar-refractivity contribution in [1.29, 1.82) is 0 Å². The Hall–Kier alpha value is -0.970. The van der Waals surface area contributed by atoms with E-state index in [1.54, 1.807) is 6.07 Å². The van der Waals surface area contributed by atoms with Crippen LogP contribution >= 0.6 is 0 Å². The molecule has 0 spiro atoms. The highest BCUT2D eigenvalue weighted by molar-refractivity contribution is 5.26. The number of rotatable bonds is 5. The van der Waals surface area contributed by atoms with Crippen molar-refractivity contribution in [2.45, 2.75) is 19.4 Å². The van der Waals surface area contributed by atoms with Crippen molar-refractivity contribution in [3.8, 4) is 0 Å². The Bertz CT molecular complexity index is 411. The van der Waals surface area contributed by atoms with Gasteiger partial charge in [0.05, 0.1) is 12.7 Å². The molecule has 1 saturated heterocycles. The van der Waals surface area contributed by atoms with Crippen LogP contribution in [0, 0.1) is 12.7 Å². The average Bonchev–Trinajstić information content (AvgIpc) is 2.37. The minimum absolute atomic E-state index is 0.159. The number of nitrogens with zero attached hydrogens (tertiary/aromatic N) is 1. The Morgan fingerprint density at radius 3 is 3.05 bits per heavy atom. The Balaban J connectivity index is 1.69. The van der Waals surface area contributed by atoms with E-state index in [2.05, 4.69) is 17.3 Å². The van der Waals surface area contributed by atoms with Crippen molar-refractivity contribution in [1.82, 2.24) is 10.2 Å². The van der Waals surface area contributed by atoms with Gasteiger partial charge in [0.15, 0.2) is 0 Å². The third-order valence-electron chi connectivity index (χ3n) is 3.59. The first-order valence-corrected chi connectivity index (χ1v) is 6.91. The van der Waals surface area contributed by atoms with E-state index in [9.17, 15) is 4.39 Å². The van der Waals surface area contributed by atoms with Gasteiger partial charge in [-0.25, -0.2) is 4.39 Å². The van der Waals surface area contributed by atoms with Crippen molar-refractivity contribution < 1.29 is 9.13 Å². The van der Waals surface area contributed by atoms with Crippen LogP contribution in [-0.2, 0) is 11.2 Å². The molecule has 0 radical (unpaired) electrons. The van der Waals surface area contributed by atoms with Crippen LogP contribution in [0.5, 0.6) is 0 Å². The third-order valence-corrected chi connectivity index (χ3v) is 3.59. The van der Waals surface area contributed by atoms with Crippen LogP contribution in [0.4, 0.5) is 4.39 Å². The Kier molecular flexibility index (Phi) is 5.31. The summed E-state index contributed by atoms with van der Waals surface area (Å²) in [5.41, 5.74) is 2.23. The second-order valence-corrected chi connectivity index (χ2v) is 5.28. The predicted molar refractivity (Wildman–Crippen MR) is 74.9 cm³/mol. The SMILES string of the molecule is Cc1cc(F)ccc1CCNCC1CN(C)CCO1. The van der Waals surface area contributed by atoms with Gasteiger partial charge in [-0.2, -0.15) is 0 Å². The molecule has 2 rings (SSSR count). The summed E-state index contributed by atoms with van der Waals surface area (Å²) in [6.45, 7) is 6.56. The summed E-state index contributed by atoms with van der Waals surface area (Å²) in [5, 5.41) is 3.42. The Labute approximate surface area is 114 Å². The van der Waals surface area contributed by atoms with Crippen LogP contribution in [0.2, 0.25) is 0 Å². The minimum atomic E-state index is -0.159. The topological polar surface area (TPSA) is 24.5 Å². The maximum Gasteiger partial charge on any atom is 0.123 e. The zero-order chi connectivity index (χ0) is 13.7. The van der Waals surface area contributed by atoms with Gasteiger partial charge in [0, 0.05) is 19.6 Å². The number of aryl methyl sites for hydroxylation is 1. The molecule has 1 fully saturated rings. The van der Waals surface area contributed by atoms with E-state index in [4.69, 9.17) is 4.74 Å². The molecule has 1 aliphatic heterocycles. The molecule has 0 amide bonds. The third kappa shape index (κ3) is 4.56. The zero-order valence-electron chi connectivity index (χ0n) is 11.8. The van der Waals surface area contributed by atoms with Crippen molar-refractivity contribution >= 4 is 0 Å². The lowest BCUT2D eigenvalue weighted by atomic mass is 10.1. The summed E-state index contributed by atoms with van der Waals surface area (Å²) in [6, 6.07) is 4.99. The van der Waals surface area contributed by atoms with E-state index in [-0.39, 0.29) is 11.9 Å². The summed E-state index contributed by atoms with van der Waals surface area (Å²) in [7, 11) is 2.12. The van der Waals surface area contributed by atoms with Crippen LogP contribution < -0.4 is 5.32 Å². The molecule has 0 bridgehead atoms. The van der Waals surface area contributed by atoms with Gasteiger partial charge >= 0.3 is 0 Å². The lowest BCUT2D eigenvalue weighted by Gasteiger charge is -2.30. The Morgan fingerprint density at radius 2 is 2.32 bits per heavy atom. The number of benzene rings is 1. The predicted octanol–water partition coefficient (Wildman–Crippen LogP) is 1.60. The minimum Gasteiger partial charge on any atom is -0.374 e. The molecule has 1 N–H and O–H groups in total. The van der Waals surface area contributed by atoms with Gasteiger partial charge in [-0.05, 0) is 50.2 Å². The smallest absolute Gasteiger partial charge is 0.123 e. The summed E-state index contributed by atoms with van der Waals surface area (Å²) in [6.07, 6.45) is 1.21. The zero-order valence-corrected chi connectivity index (χ0v) is 11.8. The van der Waals surface area contributed by atoms with Gasteiger partial charge in [-0.15, -0.1) is 0 Å². The quantitative estimate of drug-likeness (QED) is 0.819. The molecule has 106 valence electrons. The highest BCUT2D eigenvalue weighted by Gasteiger charge is 2.16. The van der Waals surface area contributed by atoms with Gasteiger partial charge < -0.3 is 15.0 Å². The molecule has 4 heteroatoms. The molecule has 0 aromatic heterocycles. The molecule has 0 saturated carbocycles. The molecule has 1 aromatic carbocycles. The fourth-order valence-corrected chi connectivity index (χ4v) is 2.42. The fraction of sp³-hybridized carbons (Fsp3) is 0.600.